The second-order valence-electron chi connectivity index (χ2n) is 12.4. The van der Waals surface area contributed by atoms with Gasteiger partial charge in [-0.1, -0.05) is 146 Å². The highest BCUT2D eigenvalue weighted by Crippen LogP contribution is 2.31. The lowest BCUT2D eigenvalue weighted by Gasteiger charge is -2.10. The molecule has 5 heteroatoms. The molecule has 0 radical (unpaired) electrons. The lowest BCUT2D eigenvalue weighted by molar-refractivity contribution is 0.660. The second-order valence-corrected chi connectivity index (χ2v) is 12.4. The summed E-state index contributed by atoms with van der Waals surface area (Å²) in [4.78, 5) is 27.9. The molecule has 0 amide bonds. The highest BCUT2D eigenvalue weighted by Gasteiger charge is 2.14. The van der Waals surface area contributed by atoms with Gasteiger partial charge in [0.2, 0.25) is 5.43 Å². The summed E-state index contributed by atoms with van der Waals surface area (Å²) in [6, 6.07) is 58.5. The van der Waals surface area contributed by atoms with E-state index in [4.69, 9.17) is 19.4 Å². The normalized spacial score (nSPS) is 11.2. The molecule has 5 nitrogen and oxygen atoms in total. The Morgan fingerprint density at radius 3 is 1.39 bits per heavy atom. The molecule has 0 spiro atoms. The van der Waals surface area contributed by atoms with Crippen LogP contribution < -0.4 is 5.43 Å². The van der Waals surface area contributed by atoms with E-state index in [1.54, 1.807) is 6.07 Å². The van der Waals surface area contributed by atoms with Gasteiger partial charge in [0.15, 0.2) is 17.5 Å². The first-order chi connectivity index (χ1) is 25.2. The van der Waals surface area contributed by atoms with E-state index in [9.17, 15) is 4.79 Å². The Morgan fingerprint density at radius 1 is 0.314 bits per heavy atom. The zero-order chi connectivity index (χ0) is 34.1. The Bertz CT molecular complexity index is 2740. The largest absolute Gasteiger partial charge is 0.456 e. The molecule has 0 saturated heterocycles. The molecule has 0 bridgehead atoms. The molecule has 0 saturated carbocycles. The maximum atomic E-state index is 13.0. The quantitative estimate of drug-likeness (QED) is 0.167. The molecule has 0 aliphatic rings. The Hall–Kier alpha value is -6.98. The van der Waals surface area contributed by atoms with Gasteiger partial charge in [0, 0.05) is 16.7 Å². The summed E-state index contributed by atoms with van der Waals surface area (Å²) < 4.78 is 6.12. The minimum Gasteiger partial charge on any atom is -0.456 e. The van der Waals surface area contributed by atoms with Crippen LogP contribution in [0, 0.1) is 0 Å². The van der Waals surface area contributed by atoms with Gasteiger partial charge in [-0.05, 0) is 63.7 Å². The van der Waals surface area contributed by atoms with E-state index in [0.717, 1.165) is 50.1 Å². The lowest BCUT2D eigenvalue weighted by atomic mass is 9.98. The number of para-hydroxylation sites is 1. The van der Waals surface area contributed by atoms with Crippen LogP contribution in [0.25, 0.3) is 89.5 Å². The number of fused-ring (bicyclic) bond motifs is 2. The number of rotatable bonds is 6. The fraction of sp³-hybridized carbons (Fsp3) is 0. The molecule has 0 aliphatic heterocycles. The maximum absolute atomic E-state index is 13.0. The minimum absolute atomic E-state index is 0.0178. The average Bonchev–Trinajstić information content (AvgIpc) is 3.21. The second kappa shape index (κ2) is 12.8. The molecular formula is C46H29N3O2. The first-order valence-electron chi connectivity index (χ1n) is 16.8. The first-order valence-corrected chi connectivity index (χ1v) is 16.8. The summed E-state index contributed by atoms with van der Waals surface area (Å²) in [6.45, 7) is 0. The summed E-state index contributed by atoms with van der Waals surface area (Å²) >= 11 is 0. The van der Waals surface area contributed by atoms with Crippen molar-refractivity contribution in [2.75, 3.05) is 0 Å². The number of aromatic nitrogens is 3. The Labute approximate surface area is 294 Å². The van der Waals surface area contributed by atoms with Crippen molar-refractivity contribution in [3.8, 4) is 67.5 Å². The van der Waals surface area contributed by atoms with Crippen molar-refractivity contribution in [2.24, 2.45) is 0 Å². The molecule has 9 rings (SSSR count). The van der Waals surface area contributed by atoms with E-state index in [2.05, 4.69) is 72.8 Å². The number of hydrogen-bond donors (Lipinski definition) is 0. The third kappa shape index (κ3) is 5.87. The molecule has 0 unspecified atom stereocenters. The minimum atomic E-state index is -0.0178. The van der Waals surface area contributed by atoms with E-state index >= 15 is 0 Å². The smallest absolute Gasteiger partial charge is 0.200 e. The molecule has 51 heavy (non-hydrogen) atoms. The van der Waals surface area contributed by atoms with Crippen molar-refractivity contribution in [3.05, 3.63) is 186 Å². The summed E-state index contributed by atoms with van der Waals surface area (Å²) in [5.41, 5.74) is 10.3. The zero-order valence-corrected chi connectivity index (χ0v) is 27.4. The molecule has 0 fully saturated rings. The molecule has 7 aromatic carbocycles. The number of nitrogens with zero attached hydrogens (tertiary/aromatic N) is 3. The standard InChI is InChI=1S/C46H29N3O2/c50-43-39-16-7-8-17-41(39)51-42-29-37(26-27-40(42)43)33-20-18-32(19-21-33)36-14-9-15-38(28-36)46-48-44(34-12-5-2-6-13-34)47-45(49-46)35-24-22-31(23-25-35)30-10-3-1-4-11-30/h1-29H. The van der Waals surface area contributed by atoms with Crippen LogP contribution in [0.3, 0.4) is 0 Å². The molecular weight excluding hydrogens is 627 g/mol. The predicted molar refractivity (Wildman–Crippen MR) is 206 cm³/mol. The van der Waals surface area contributed by atoms with E-state index in [1.807, 2.05) is 97.1 Å². The lowest BCUT2D eigenvalue weighted by Crippen LogP contribution is -2.01. The molecule has 0 aliphatic carbocycles. The van der Waals surface area contributed by atoms with Gasteiger partial charge in [-0.25, -0.2) is 15.0 Å². The van der Waals surface area contributed by atoms with Crippen LogP contribution in [0.15, 0.2) is 185 Å². The van der Waals surface area contributed by atoms with Crippen molar-refractivity contribution < 1.29 is 4.42 Å². The molecule has 240 valence electrons. The van der Waals surface area contributed by atoms with E-state index < -0.39 is 0 Å². The summed E-state index contributed by atoms with van der Waals surface area (Å²) in [5.74, 6) is 1.85. The van der Waals surface area contributed by atoms with Gasteiger partial charge in [0.25, 0.3) is 0 Å². The SMILES string of the molecule is O=c1c2ccccc2oc2cc(-c3ccc(-c4cccc(-c5nc(-c6ccccc6)nc(-c6ccc(-c7ccccc7)cc6)n5)c4)cc3)ccc12. The van der Waals surface area contributed by atoms with Crippen LogP contribution in [0.4, 0.5) is 0 Å². The fourth-order valence-electron chi connectivity index (χ4n) is 6.47. The van der Waals surface area contributed by atoms with Crippen LogP contribution in [-0.4, -0.2) is 15.0 Å². The van der Waals surface area contributed by atoms with E-state index in [-0.39, 0.29) is 5.43 Å². The van der Waals surface area contributed by atoms with Gasteiger partial charge < -0.3 is 4.42 Å². The summed E-state index contributed by atoms with van der Waals surface area (Å²) in [6.07, 6.45) is 0. The molecule has 0 N–H and O–H groups in total. The van der Waals surface area contributed by atoms with Gasteiger partial charge in [-0.15, -0.1) is 0 Å². The molecule has 2 aromatic heterocycles. The monoisotopic (exact) mass is 655 g/mol. The Morgan fingerprint density at radius 2 is 0.725 bits per heavy atom. The summed E-state index contributed by atoms with van der Waals surface area (Å²) in [7, 11) is 0. The van der Waals surface area contributed by atoms with Crippen molar-refractivity contribution in [2.45, 2.75) is 0 Å². The van der Waals surface area contributed by atoms with Crippen LogP contribution in [0.2, 0.25) is 0 Å². The van der Waals surface area contributed by atoms with Gasteiger partial charge >= 0.3 is 0 Å². The van der Waals surface area contributed by atoms with Crippen molar-refractivity contribution in [1.29, 1.82) is 0 Å². The molecule has 2 heterocycles. The maximum Gasteiger partial charge on any atom is 0.200 e. The first kappa shape index (κ1) is 30.1. The van der Waals surface area contributed by atoms with Crippen LogP contribution >= 0.6 is 0 Å². The highest BCUT2D eigenvalue weighted by molar-refractivity contribution is 5.92. The third-order valence-corrected chi connectivity index (χ3v) is 9.17. The average molecular weight is 656 g/mol. The van der Waals surface area contributed by atoms with E-state index in [1.165, 1.54) is 0 Å². The van der Waals surface area contributed by atoms with Gasteiger partial charge in [0.05, 0.1) is 10.8 Å². The third-order valence-electron chi connectivity index (χ3n) is 9.17. The highest BCUT2D eigenvalue weighted by atomic mass is 16.3. The molecule has 9 aromatic rings. The number of hydrogen-bond acceptors (Lipinski definition) is 5. The van der Waals surface area contributed by atoms with Crippen LogP contribution in [0.5, 0.6) is 0 Å². The topological polar surface area (TPSA) is 68.9 Å². The van der Waals surface area contributed by atoms with Gasteiger partial charge in [-0.3, -0.25) is 4.79 Å². The van der Waals surface area contributed by atoms with E-state index in [0.29, 0.717) is 39.4 Å². The Balaban J connectivity index is 1.05. The van der Waals surface area contributed by atoms with Crippen molar-refractivity contribution >= 4 is 21.9 Å². The van der Waals surface area contributed by atoms with Crippen molar-refractivity contribution in [1.82, 2.24) is 15.0 Å². The summed E-state index contributed by atoms with van der Waals surface area (Å²) in [5, 5.41) is 1.17. The van der Waals surface area contributed by atoms with Crippen LogP contribution in [-0.2, 0) is 0 Å². The fourth-order valence-corrected chi connectivity index (χ4v) is 6.47. The van der Waals surface area contributed by atoms with Gasteiger partial charge in [0.1, 0.15) is 11.2 Å². The van der Waals surface area contributed by atoms with Gasteiger partial charge in [-0.2, -0.15) is 0 Å². The predicted octanol–water partition coefficient (Wildman–Crippen LogP) is 11.1. The Kier molecular flexibility index (Phi) is 7.56. The van der Waals surface area contributed by atoms with Crippen molar-refractivity contribution in [3.63, 3.8) is 0 Å². The molecule has 0 atom stereocenters. The van der Waals surface area contributed by atoms with Crippen LogP contribution in [0.1, 0.15) is 0 Å². The zero-order valence-electron chi connectivity index (χ0n) is 27.4. The number of benzene rings is 7.